The van der Waals surface area contributed by atoms with Gasteiger partial charge in [-0.2, -0.15) is 0 Å². The van der Waals surface area contributed by atoms with Crippen LogP contribution in [0, 0.1) is 23.2 Å². The van der Waals surface area contributed by atoms with E-state index in [0.717, 1.165) is 30.6 Å². The van der Waals surface area contributed by atoms with Gasteiger partial charge in [-0.25, -0.2) is 0 Å². The van der Waals surface area contributed by atoms with Crippen LogP contribution in [0.4, 0.5) is 0 Å². The van der Waals surface area contributed by atoms with Crippen molar-refractivity contribution >= 4 is 17.8 Å². The van der Waals surface area contributed by atoms with Gasteiger partial charge in [-0.3, -0.25) is 14.4 Å². The Labute approximate surface area is 154 Å². The molecule has 0 aromatic rings. The summed E-state index contributed by atoms with van der Waals surface area (Å²) in [7, 11) is 0. The molecule has 4 bridgehead atoms. The zero-order chi connectivity index (χ0) is 18.3. The Morgan fingerprint density at radius 1 is 1.04 bits per heavy atom. The highest BCUT2D eigenvalue weighted by Gasteiger charge is 2.51. The van der Waals surface area contributed by atoms with Gasteiger partial charge in [0.1, 0.15) is 6.54 Å². The fourth-order valence-electron chi connectivity index (χ4n) is 5.92. The summed E-state index contributed by atoms with van der Waals surface area (Å²) in [5.74, 6) is 1.56. The molecule has 2 N–H and O–H groups in total. The molecular weight excluding hydrogens is 332 g/mol. The van der Waals surface area contributed by atoms with E-state index in [9.17, 15) is 14.4 Å². The summed E-state index contributed by atoms with van der Waals surface area (Å²) < 4.78 is 5.12. The van der Waals surface area contributed by atoms with E-state index in [-0.39, 0.29) is 29.8 Å². The second kappa shape index (κ2) is 6.86. The van der Waals surface area contributed by atoms with Crippen LogP contribution in [-0.4, -0.2) is 36.5 Å². The largest absolute Gasteiger partial charge is 0.451 e. The molecule has 0 spiro atoms. The third kappa shape index (κ3) is 4.04. The van der Waals surface area contributed by atoms with Crippen LogP contribution in [0.2, 0.25) is 0 Å². The maximum Gasteiger partial charge on any atom is 0.326 e. The minimum absolute atomic E-state index is 0.0565. The van der Waals surface area contributed by atoms with Crippen molar-refractivity contribution in [3.8, 4) is 0 Å². The molecule has 1 atom stereocenters. The highest BCUT2D eigenvalue weighted by Crippen LogP contribution is 2.61. The van der Waals surface area contributed by atoms with Crippen LogP contribution in [0.15, 0.2) is 0 Å². The number of carbonyl (C=O) groups is 3. The molecule has 5 saturated carbocycles. The number of esters is 1. The lowest BCUT2D eigenvalue weighted by Gasteiger charge is -2.56. The smallest absolute Gasteiger partial charge is 0.326 e. The van der Waals surface area contributed by atoms with Gasteiger partial charge in [-0.15, -0.1) is 0 Å². The molecule has 5 aliphatic carbocycles. The molecule has 144 valence electrons. The number of hydrogen-bond acceptors (Lipinski definition) is 4. The quantitative estimate of drug-likeness (QED) is 0.678. The van der Waals surface area contributed by atoms with Crippen molar-refractivity contribution in [2.75, 3.05) is 6.54 Å². The van der Waals surface area contributed by atoms with Gasteiger partial charge in [0.15, 0.2) is 6.10 Å². The summed E-state index contributed by atoms with van der Waals surface area (Å²) in [6, 6.07) is 0.239. The standard InChI is InChI=1S/C20H30N2O4/c1-12(19(25)22-16-2-3-16)26-18(24)11-21-17(23)10-20-7-13-4-14(8-20)6-15(5-13)9-20/h12-16H,2-11H2,1H3,(H,21,23)(H,22,25)/t12-,13?,14?,15?,20?/m0/s1. The second-order valence-corrected chi connectivity index (χ2v) is 9.29. The molecule has 5 rings (SSSR count). The van der Waals surface area contributed by atoms with E-state index in [2.05, 4.69) is 10.6 Å². The summed E-state index contributed by atoms with van der Waals surface area (Å²) in [6.07, 6.45) is 9.29. The van der Waals surface area contributed by atoms with E-state index in [4.69, 9.17) is 4.74 Å². The fourth-order valence-corrected chi connectivity index (χ4v) is 5.92. The summed E-state index contributed by atoms with van der Waals surface area (Å²) in [4.78, 5) is 36.1. The highest BCUT2D eigenvalue weighted by atomic mass is 16.5. The maximum absolute atomic E-state index is 12.4. The molecule has 0 radical (unpaired) electrons. The Morgan fingerprint density at radius 2 is 1.62 bits per heavy atom. The topological polar surface area (TPSA) is 84.5 Å². The summed E-state index contributed by atoms with van der Waals surface area (Å²) in [6.45, 7) is 1.40. The lowest BCUT2D eigenvalue weighted by atomic mass is 9.49. The van der Waals surface area contributed by atoms with Gasteiger partial charge in [0.2, 0.25) is 5.91 Å². The Hall–Kier alpha value is -1.59. The molecule has 5 aliphatic rings. The van der Waals surface area contributed by atoms with E-state index >= 15 is 0 Å². The van der Waals surface area contributed by atoms with Crippen molar-refractivity contribution < 1.29 is 19.1 Å². The van der Waals surface area contributed by atoms with Gasteiger partial charge in [0.25, 0.3) is 5.91 Å². The monoisotopic (exact) mass is 362 g/mol. The van der Waals surface area contributed by atoms with Crippen LogP contribution >= 0.6 is 0 Å². The Bertz CT molecular complexity index is 563. The van der Waals surface area contributed by atoms with Crippen LogP contribution in [0.25, 0.3) is 0 Å². The molecule has 0 aliphatic heterocycles. The van der Waals surface area contributed by atoms with Crippen molar-refractivity contribution in [3.63, 3.8) is 0 Å². The number of amides is 2. The zero-order valence-electron chi connectivity index (χ0n) is 15.6. The third-order valence-electron chi connectivity index (χ3n) is 6.73. The summed E-state index contributed by atoms with van der Waals surface area (Å²) >= 11 is 0. The van der Waals surface area contributed by atoms with Crippen molar-refractivity contribution in [2.24, 2.45) is 23.2 Å². The number of nitrogens with one attached hydrogen (secondary N) is 2. The molecule has 0 aromatic heterocycles. The van der Waals surface area contributed by atoms with E-state index in [1.165, 1.54) is 38.5 Å². The fraction of sp³-hybridized carbons (Fsp3) is 0.850. The van der Waals surface area contributed by atoms with Crippen LogP contribution in [0.5, 0.6) is 0 Å². The molecule has 5 fully saturated rings. The number of rotatable bonds is 7. The van der Waals surface area contributed by atoms with Gasteiger partial charge in [-0.05, 0) is 81.5 Å². The SMILES string of the molecule is C[C@H](OC(=O)CNC(=O)CC12CC3CC(CC(C3)C1)C2)C(=O)NC1CC1. The molecule has 6 nitrogen and oxygen atoms in total. The number of hydrogen-bond donors (Lipinski definition) is 2. The first-order valence-corrected chi connectivity index (χ1v) is 10.2. The van der Waals surface area contributed by atoms with E-state index < -0.39 is 12.1 Å². The van der Waals surface area contributed by atoms with Gasteiger partial charge >= 0.3 is 5.97 Å². The molecule has 0 heterocycles. The van der Waals surface area contributed by atoms with Crippen LogP contribution < -0.4 is 10.6 Å². The van der Waals surface area contributed by atoms with Crippen LogP contribution in [0.1, 0.15) is 64.7 Å². The summed E-state index contributed by atoms with van der Waals surface area (Å²) in [5.41, 5.74) is 0.167. The van der Waals surface area contributed by atoms with Gasteiger partial charge in [-0.1, -0.05) is 0 Å². The lowest BCUT2D eigenvalue weighted by molar-refractivity contribution is -0.154. The molecular formula is C20H30N2O4. The predicted octanol–water partition coefficient (Wildman–Crippen LogP) is 1.92. The van der Waals surface area contributed by atoms with Crippen LogP contribution in [0.3, 0.4) is 0 Å². The summed E-state index contributed by atoms with van der Waals surface area (Å²) in [5, 5.41) is 5.52. The van der Waals surface area contributed by atoms with Gasteiger partial charge < -0.3 is 15.4 Å². The van der Waals surface area contributed by atoms with E-state index in [1.807, 2.05) is 0 Å². The Morgan fingerprint density at radius 3 is 2.15 bits per heavy atom. The number of ether oxygens (including phenoxy) is 1. The van der Waals surface area contributed by atoms with Crippen molar-refractivity contribution in [3.05, 3.63) is 0 Å². The molecule has 0 saturated heterocycles. The lowest BCUT2D eigenvalue weighted by Crippen LogP contribution is -2.48. The molecule has 0 aromatic carbocycles. The molecule has 26 heavy (non-hydrogen) atoms. The Balaban J connectivity index is 1.20. The average molecular weight is 362 g/mol. The molecule has 0 unspecified atom stereocenters. The highest BCUT2D eigenvalue weighted by molar-refractivity contribution is 5.86. The van der Waals surface area contributed by atoms with Gasteiger partial charge in [0, 0.05) is 12.5 Å². The third-order valence-corrected chi connectivity index (χ3v) is 6.73. The average Bonchev–Trinajstić information content (AvgIpc) is 3.35. The second-order valence-electron chi connectivity index (χ2n) is 9.29. The predicted molar refractivity (Wildman–Crippen MR) is 95.0 cm³/mol. The zero-order valence-corrected chi connectivity index (χ0v) is 15.6. The van der Waals surface area contributed by atoms with Gasteiger partial charge in [0.05, 0.1) is 0 Å². The maximum atomic E-state index is 12.4. The molecule has 6 heteroatoms. The number of carbonyl (C=O) groups excluding carboxylic acids is 3. The molecule has 2 amide bonds. The van der Waals surface area contributed by atoms with Crippen molar-refractivity contribution in [2.45, 2.75) is 76.9 Å². The minimum atomic E-state index is -0.817. The normalized spacial score (nSPS) is 35.7. The first-order valence-electron chi connectivity index (χ1n) is 10.2. The van der Waals surface area contributed by atoms with E-state index in [1.54, 1.807) is 6.92 Å². The first-order chi connectivity index (χ1) is 12.4. The van der Waals surface area contributed by atoms with Crippen LogP contribution in [-0.2, 0) is 19.1 Å². The Kier molecular flexibility index (Phi) is 4.70. The minimum Gasteiger partial charge on any atom is -0.451 e. The van der Waals surface area contributed by atoms with E-state index in [0.29, 0.717) is 6.42 Å². The van der Waals surface area contributed by atoms with Crippen molar-refractivity contribution in [1.82, 2.24) is 10.6 Å². The van der Waals surface area contributed by atoms with Crippen molar-refractivity contribution in [1.29, 1.82) is 0 Å². The first kappa shape index (κ1) is 17.8.